The molecule has 0 spiro atoms. The van der Waals surface area contributed by atoms with Crippen LogP contribution in [0.15, 0.2) is 22.6 Å². The molecule has 5 nitrogen and oxygen atoms in total. The van der Waals surface area contributed by atoms with Gasteiger partial charge < -0.3 is 14.5 Å². The molecule has 19 heavy (non-hydrogen) atoms. The van der Waals surface area contributed by atoms with Gasteiger partial charge in [0.05, 0.1) is 12.3 Å². The van der Waals surface area contributed by atoms with Crippen LogP contribution in [0.5, 0.6) is 0 Å². The van der Waals surface area contributed by atoms with Gasteiger partial charge in [-0.3, -0.25) is 0 Å². The SMILES string of the molecule is CCNc1cc(COC)nc(-c2ccc(CC)o2)n1. The van der Waals surface area contributed by atoms with Crippen LogP contribution in [0.3, 0.4) is 0 Å². The molecule has 0 saturated carbocycles. The van der Waals surface area contributed by atoms with E-state index in [1.807, 2.05) is 25.1 Å². The smallest absolute Gasteiger partial charge is 0.197 e. The van der Waals surface area contributed by atoms with Gasteiger partial charge in [0.2, 0.25) is 0 Å². The minimum absolute atomic E-state index is 0.454. The summed E-state index contributed by atoms with van der Waals surface area (Å²) in [7, 11) is 1.65. The molecule has 2 heterocycles. The lowest BCUT2D eigenvalue weighted by Crippen LogP contribution is -2.04. The number of anilines is 1. The van der Waals surface area contributed by atoms with Crippen LogP contribution in [0.4, 0.5) is 5.82 Å². The number of hydrogen-bond acceptors (Lipinski definition) is 5. The van der Waals surface area contributed by atoms with Crippen LogP contribution >= 0.6 is 0 Å². The Hall–Kier alpha value is -1.88. The molecule has 0 amide bonds. The van der Waals surface area contributed by atoms with Crippen molar-refractivity contribution in [2.45, 2.75) is 26.9 Å². The third kappa shape index (κ3) is 3.32. The molecule has 0 unspecified atom stereocenters. The standard InChI is InChI=1S/C14H19N3O2/c1-4-11-6-7-12(19-11)14-16-10(9-18-3)8-13(17-14)15-5-2/h6-8H,4-5,9H2,1-3H3,(H,15,16,17). The van der Waals surface area contributed by atoms with Gasteiger partial charge >= 0.3 is 0 Å². The first-order valence-electron chi connectivity index (χ1n) is 6.46. The largest absolute Gasteiger partial charge is 0.458 e. The summed E-state index contributed by atoms with van der Waals surface area (Å²) in [6, 6.07) is 5.75. The fourth-order valence-corrected chi connectivity index (χ4v) is 1.79. The molecular formula is C14H19N3O2. The van der Waals surface area contributed by atoms with Crippen molar-refractivity contribution in [2.75, 3.05) is 19.0 Å². The van der Waals surface area contributed by atoms with Crippen molar-refractivity contribution in [3.8, 4) is 11.6 Å². The normalized spacial score (nSPS) is 10.7. The monoisotopic (exact) mass is 261 g/mol. The van der Waals surface area contributed by atoms with Crippen molar-refractivity contribution in [3.63, 3.8) is 0 Å². The van der Waals surface area contributed by atoms with Gasteiger partial charge in [0.1, 0.15) is 11.6 Å². The summed E-state index contributed by atoms with van der Waals surface area (Å²) in [6.07, 6.45) is 0.859. The van der Waals surface area contributed by atoms with E-state index in [1.165, 1.54) is 0 Å². The number of ether oxygens (including phenoxy) is 1. The maximum absolute atomic E-state index is 5.69. The van der Waals surface area contributed by atoms with Gasteiger partial charge in [-0.2, -0.15) is 0 Å². The van der Waals surface area contributed by atoms with Crippen LogP contribution in [0.25, 0.3) is 11.6 Å². The van der Waals surface area contributed by atoms with Gasteiger partial charge in [-0.05, 0) is 19.1 Å². The van der Waals surface area contributed by atoms with Crippen molar-refractivity contribution < 1.29 is 9.15 Å². The summed E-state index contributed by atoms with van der Waals surface area (Å²) < 4.78 is 10.8. The van der Waals surface area contributed by atoms with E-state index in [4.69, 9.17) is 9.15 Å². The lowest BCUT2D eigenvalue weighted by atomic mass is 10.3. The highest BCUT2D eigenvalue weighted by Gasteiger charge is 2.10. The summed E-state index contributed by atoms with van der Waals surface area (Å²) in [4.78, 5) is 8.91. The molecular weight excluding hydrogens is 242 g/mol. The second kappa shape index (κ2) is 6.33. The topological polar surface area (TPSA) is 60.2 Å². The number of aryl methyl sites for hydroxylation is 1. The molecule has 102 valence electrons. The number of methoxy groups -OCH3 is 1. The van der Waals surface area contributed by atoms with Crippen LogP contribution in [0.1, 0.15) is 25.3 Å². The second-order valence-electron chi connectivity index (χ2n) is 4.15. The molecule has 0 bridgehead atoms. The van der Waals surface area contributed by atoms with Crippen LogP contribution in [-0.2, 0) is 17.8 Å². The molecule has 0 aromatic carbocycles. The molecule has 2 rings (SSSR count). The highest BCUT2D eigenvalue weighted by atomic mass is 16.5. The Balaban J connectivity index is 2.36. The van der Waals surface area contributed by atoms with Gasteiger partial charge in [-0.15, -0.1) is 0 Å². The number of hydrogen-bond donors (Lipinski definition) is 1. The summed E-state index contributed by atoms with van der Waals surface area (Å²) in [5.74, 6) is 2.99. The molecule has 0 fully saturated rings. The highest BCUT2D eigenvalue weighted by Crippen LogP contribution is 2.21. The van der Waals surface area contributed by atoms with Crippen LogP contribution in [-0.4, -0.2) is 23.6 Å². The molecule has 5 heteroatoms. The summed E-state index contributed by atoms with van der Waals surface area (Å²) in [5, 5.41) is 3.19. The molecule has 0 aliphatic heterocycles. The van der Waals surface area contributed by atoms with Crippen molar-refractivity contribution in [3.05, 3.63) is 29.7 Å². The van der Waals surface area contributed by atoms with Crippen molar-refractivity contribution in [1.29, 1.82) is 0 Å². The fraction of sp³-hybridized carbons (Fsp3) is 0.429. The third-order valence-electron chi connectivity index (χ3n) is 2.66. The van der Waals surface area contributed by atoms with Gasteiger partial charge in [0.25, 0.3) is 0 Å². The zero-order chi connectivity index (χ0) is 13.7. The number of furan rings is 1. The van der Waals surface area contributed by atoms with Crippen molar-refractivity contribution in [1.82, 2.24) is 9.97 Å². The average Bonchev–Trinajstić information content (AvgIpc) is 2.88. The molecule has 0 aliphatic rings. The van der Waals surface area contributed by atoms with E-state index in [0.717, 1.165) is 30.2 Å². The Labute approximate surface area is 113 Å². The van der Waals surface area contributed by atoms with E-state index in [1.54, 1.807) is 7.11 Å². The van der Waals surface area contributed by atoms with Crippen molar-refractivity contribution in [2.24, 2.45) is 0 Å². The van der Waals surface area contributed by atoms with Gasteiger partial charge in [-0.25, -0.2) is 9.97 Å². The average molecular weight is 261 g/mol. The Morgan fingerprint density at radius 3 is 2.74 bits per heavy atom. The molecule has 0 radical (unpaired) electrons. The summed E-state index contributed by atoms with van der Waals surface area (Å²) in [5.41, 5.74) is 0.831. The zero-order valence-corrected chi connectivity index (χ0v) is 11.6. The van der Waals surface area contributed by atoms with Crippen molar-refractivity contribution >= 4 is 5.82 Å². The van der Waals surface area contributed by atoms with Crippen LogP contribution in [0.2, 0.25) is 0 Å². The van der Waals surface area contributed by atoms with E-state index in [9.17, 15) is 0 Å². The minimum atomic E-state index is 0.454. The third-order valence-corrected chi connectivity index (χ3v) is 2.66. The van der Waals surface area contributed by atoms with Gasteiger partial charge in [-0.1, -0.05) is 6.92 Å². The predicted octanol–water partition coefficient (Wildman–Crippen LogP) is 2.88. The number of nitrogens with zero attached hydrogens (tertiary/aromatic N) is 2. The summed E-state index contributed by atoms with van der Waals surface area (Å²) in [6.45, 7) is 5.34. The van der Waals surface area contributed by atoms with Crippen LogP contribution in [0, 0.1) is 0 Å². The molecule has 0 aliphatic carbocycles. The molecule has 0 saturated heterocycles. The van der Waals surface area contributed by atoms with E-state index < -0.39 is 0 Å². The summed E-state index contributed by atoms with van der Waals surface area (Å²) >= 11 is 0. The first kappa shape index (κ1) is 13.5. The van der Waals surface area contributed by atoms with E-state index in [-0.39, 0.29) is 0 Å². The quantitative estimate of drug-likeness (QED) is 0.866. The second-order valence-corrected chi connectivity index (χ2v) is 4.15. The zero-order valence-electron chi connectivity index (χ0n) is 11.6. The maximum Gasteiger partial charge on any atom is 0.197 e. The molecule has 1 N–H and O–H groups in total. The fourth-order valence-electron chi connectivity index (χ4n) is 1.79. The Bertz CT molecular complexity index is 513. The number of aromatic nitrogens is 2. The Morgan fingerprint density at radius 1 is 1.26 bits per heavy atom. The highest BCUT2D eigenvalue weighted by molar-refractivity contribution is 5.51. The minimum Gasteiger partial charge on any atom is -0.458 e. The Morgan fingerprint density at radius 2 is 2.11 bits per heavy atom. The number of rotatable bonds is 6. The molecule has 2 aromatic heterocycles. The van der Waals surface area contributed by atoms with E-state index in [0.29, 0.717) is 18.2 Å². The van der Waals surface area contributed by atoms with Gasteiger partial charge in [0.15, 0.2) is 11.6 Å². The maximum atomic E-state index is 5.69. The molecule has 0 atom stereocenters. The lowest BCUT2D eigenvalue weighted by Gasteiger charge is -2.07. The number of nitrogens with one attached hydrogen (secondary N) is 1. The van der Waals surface area contributed by atoms with E-state index >= 15 is 0 Å². The first-order chi connectivity index (χ1) is 9.26. The van der Waals surface area contributed by atoms with Crippen LogP contribution < -0.4 is 5.32 Å². The first-order valence-corrected chi connectivity index (χ1v) is 6.46. The Kier molecular flexibility index (Phi) is 4.52. The molecule has 2 aromatic rings. The van der Waals surface area contributed by atoms with E-state index in [2.05, 4.69) is 22.2 Å². The predicted molar refractivity (Wildman–Crippen MR) is 74.0 cm³/mol. The lowest BCUT2D eigenvalue weighted by molar-refractivity contribution is 0.181. The van der Waals surface area contributed by atoms with Gasteiger partial charge in [0, 0.05) is 26.1 Å².